The second-order valence-corrected chi connectivity index (χ2v) is 2.48. The number of halogens is 1. The Morgan fingerprint density at radius 3 is 2.90 bits per heavy atom. The van der Waals surface area contributed by atoms with Gasteiger partial charge in [-0.15, -0.1) is 0 Å². The second kappa shape index (κ2) is 6.81. The van der Waals surface area contributed by atoms with Crippen LogP contribution in [0.25, 0.3) is 0 Å². The number of hydrogen-bond donors (Lipinski definition) is 0. The molecule has 0 N–H and O–H groups in total. The van der Waals surface area contributed by atoms with Gasteiger partial charge in [0.05, 0.1) is 0 Å². The minimum absolute atomic E-state index is 0.193. The second-order valence-electron chi connectivity index (χ2n) is 1.68. The molecule has 2 nitrogen and oxygen atoms in total. The van der Waals surface area contributed by atoms with Crippen molar-refractivity contribution >= 4 is 21.9 Å². The lowest BCUT2D eigenvalue weighted by molar-refractivity contribution is -0.142. The van der Waals surface area contributed by atoms with Crippen molar-refractivity contribution in [1.29, 1.82) is 0 Å². The third-order valence-electron chi connectivity index (χ3n) is 0.855. The van der Waals surface area contributed by atoms with Crippen molar-refractivity contribution in [3.63, 3.8) is 0 Å². The van der Waals surface area contributed by atoms with Gasteiger partial charge in [-0.25, -0.2) is 0 Å². The summed E-state index contributed by atoms with van der Waals surface area (Å²) in [6, 6.07) is 0. The first-order valence-electron chi connectivity index (χ1n) is 3.06. The van der Waals surface area contributed by atoms with Gasteiger partial charge in [0.25, 0.3) is 0 Å². The van der Waals surface area contributed by atoms with E-state index in [0.29, 0.717) is 24.8 Å². The first-order chi connectivity index (χ1) is 4.81. The fourth-order valence-corrected chi connectivity index (χ4v) is 0.588. The summed E-state index contributed by atoms with van der Waals surface area (Å²) in [5.74, 6) is -0.193. The lowest BCUT2D eigenvalue weighted by Crippen LogP contribution is -2.05. The van der Waals surface area contributed by atoms with Crippen LogP contribution in [0.5, 0.6) is 0 Å². The van der Waals surface area contributed by atoms with E-state index in [1.54, 1.807) is 0 Å². The summed E-state index contributed by atoms with van der Waals surface area (Å²) in [5, 5.41) is 0.686. The maximum absolute atomic E-state index is 10.6. The van der Waals surface area contributed by atoms with Crippen LogP contribution in [0.15, 0.2) is 6.08 Å². The zero-order chi connectivity index (χ0) is 7.82. The molecule has 0 unspecified atom stereocenters. The van der Waals surface area contributed by atoms with E-state index in [4.69, 9.17) is 11.3 Å². The van der Waals surface area contributed by atoms with Crippen molar-refractivity contribution in [1.82, 2.24) is 0 Å². The first-order valence-corrected chi connectivity index (χ1v) is 4.18. The molecule has 0 heterocycles. The van der Waals surface area contributed by atoms with Gasteiger partial charge < -0.3 is 4.74 Å². The molecular weight excluding hydrogens is 196 g/mol. The van der Waals surface area contributed by atoms with Crippen LogP contribution in [0.1, 0.15) is 12.8 Å². The van der Waals surface area contributed by atoms with Gasteiger partial charge in [-0.3, -0.25) is 4.79 Å². The van der Waals surface area contributed by atoms with E-state index < -0.39 is 0 Å². The minimum atomic E-state index is -0.193. The molecule has 0 saturated carbocycles. The molecule has 57 valence electrons. The third-order valence-corrected chi connectivity index (χ3v) is 1.18. The van der Waals surface area contributed by atoms with Crippen molar-refractivity contribution in [3.8, 4) is 0 Å². The van der Waals surface area contributed by atoms with E-state index >= 15 is 0 Å². The highest BCUT2D eigenvalue weighted by Gasteiger charge is 1.98. The Kier molecular flexibility index (Phi) is 6.59. The average molecular weight is 206 g/mol. The van der Waals surface area contributed by atoms with Gasteiger partial charge in [-0.2, -0.15) is 0 Å². The zero-order valence-corrected chi connectivity index (χ0v) is 7.26. The van der Waals surface area contributed by atoms with Crippen LogP contribution < -0.4 is 0 Å². The highest BCUT2D eigenvalue weighted by Crippen LogP contribution is 1.93. The Morgan fingerprint density at radius 2 is 2.40 bits per heavy atom. The van der Waals surface area contributed by atoms with E-state index in [1.165, 1.54) is 6.08 Å². The van der Waals surface area contributed by atoms with Crippen molar-refractivity contribution in [2.24, 2.45) is 0 Å². The third kappa shape index (κ3) is 5.82. The van der Waals surface area contributed by atoms with Crippen LogP contribution >= 0.6 is 15.9 Å². The molecule has 3 heteroatoms. The molecule has 10 heavy (non-hydrogen) atoms. The molecule has 0 fully saturated rings. The largest absolute Gasteiger partial charge is 0.465 e. The predicted octanol–water partition coefficient (Wildman–Crippen LogP) is 1.69. The van der Waals surface area contributed by atoms with Gasteiger partial charge in [-0.1, -0.05) is 28.6 Å². The lowest BCUT2D eigenvalue weighted by Gasteiger charge is -1.98. The highest BCUT2D eigenvalue weighted by atomic mass is 79.9. The summed E-state index contributed by atoms with van der Waals surface area (Å²) >= 11 is 3.14. The maximum atomic E-state index is 10.6. The van der Waals surface area contributed by atoms with Gasteiger partial charge in [-0.05, 0) is 6.42 Å². The van der Waals surface area contributed by atoms with Crippen LogP contribution in [0.4, 0.5) is 0 Å². The summed E-state index contributed by atoms with van der Waals surface area (Å²) in [6.45, 7) is 5.50. The van der Waals surface area contributed by atoms with Crippen molar-refractivity contribution < 1.29 is 9.53 Å². The molecule has 0 aromatic carbocycles. The van der Waals surface area contributed by atoms with Crippen LogP contribution in [0.3, 0.4) is 0 Å². The molecule has 0 aromatic rings. The SMILES string of the molecule is [CH]=CCCC(=O)OCCBr. The lowest BCUT2D eigenvalue weighted by atomic mass is 10.3. The summed E-state index contributed by atoms with van der Waals surface area (Å²) in [4.78, 5) is 10.6. The van der Waals surface area contributed by atoms with E-state index in [9.17, 15) is 4.79 Å². The summed E-state index contributed by atoms with van der Waals surface area (Å²) in [6.07, 6.45) is 2.42. The van der Waals surface area contributed by atoms with Crippen molar-refractivity contribution in [2.75, 3.05) is 11.9 Å². The number of esters is 1. The Morgan fingerprint density at radius 1 is 1.70 bits per heavy atom. The van der Waals surface area contributed by atoms with Gasteiger partial charge in [0.15, 0.2) is 0 Å². The fraction of sp³-hybridized carbons (Fsp3) is 0.571. The Bertz CT molecular complexity index is 112. The molecule has 0 amide bonds. The Balaban J connectivity index is 3.16. The minimum Gasteiger partial charge on any atom is -0.465 e. The molecule has 0 aliphatic heterocycles. The number of hydrogen-bond acceptors (Lipinski definition) is 2. The van der Waals surface area contributed by atoms with Gasteiger partial charge in [0, 0.05) is 11.8 Å². The average Bonchev–Trinajstić information content (AvgIpc) is 1.97. The molecule has 0 atom stereocenters. The van der Waals surface area contributed by atoms with Crippen LogP contribution in [0.2, 0.25) is 0 Å². The number of carbonyl (C=O) groups is 1. The number of ether oxygens (including phenoxy) is 1. The predicted molar refractivity (Wildman–Crippen MR) is 42.9 cm³/mol. The molecule has 0 aliphatic carbocycles. The zero-order valence-electron chi connectivity index (χ0n) is 5.68. The smallest absolute Gasteiger partial charge is 0.306 e. The number of alkyl halides is 1. The molecule has 0 aromatic heterocycles. The molecule has 1 radical (unpaired) electrons. The van der Waals surface area contributed by atoms with Gasteiger partial charge >= 0.3 is 5.97 Å². The van der Waals surface area contributed by atoms with E-state index in [2.05, 4.69) is 15.9 Å². The molecule has 0 saturated heterocycles. The summed E-state index contributed by atoms with van der Waals surface area (Å²) in [5.41, 5.74) is 0. The van der Waals surface area contributed by atoms with Gasteiger partial charge in [0.1, 0.15) is 6.61 Å². The molecular formula is C7H10BrO2. The number of carbonyl (C=O) groups excluding carboxylic acids is 1. The van der Waals surface area contributed by atoms with Crippen LogP contribution in [-0.2, 0) is 9.53 Å². The standard InChI is InChI=1S/C7H10BrO2/c1-2-3-4-7(9)10-6-5-8/h1-2H,3-6H2. The highest BCUT2D eigenvalue weighted by molar-refractivity contribution is 9.09. The number of allylic oxidation sites excluding steroid dienone is 1. The van der Waals surface area contributed by atoms with E-state index in [0.717, 1.165) is 0 Å². The fourth-order valence-electron chi connectivity index (χ4n) is 0.426. The molecule has 0 spiro atoms. The Hall–Kier alpha value is -0.310. The summed E-state index contributed by atoms with van der Waals surface area (Å²) in [7, 11) is 0. The van der Waals surface area contributed by atoms with Crippen LogP contribution in [0, 0.1) is 6.58 Å². The van der Waals surface area contributed by atoms with E-state index in [-0.39, 0.29) is 5.97 Å². The summed E-state index contributed by atoms with van der Waals surface area (Å²) < 4.78 is 4.73. The molecule has 0 rings (SSSR count). The number of rotatable bonds is 5. The first kappa shape index (κ1) is 9.69. The quantitative estimate of drug-likeness (QED) is 0.505. The molecule has 0 aliphatic rings. The Labute approximate surface area is 69.4 Å². The maximum Gasteiger partial charge on any atom is 0.306 e. The monoisotopic (exact) mass is 205 g/mol. The van der Waals surface area contributed by atoms with Crippen molar-refractivity contribution in [2.45, 2.75) is 12.8 Å². The van der Waals surface area contributed by atoms with Crippen LogP contribution in [-0.4, -0.2) is 17.9 Å². The van der Waals surface area contributed by atoms with Crippen molar-refractivity contribution in [3.05, 3.63) is 12.7 Å². The van der Waals surface area contributed by atoms with Gasteiger partial charge in [0.2, 0.25) is 0 Å². The molecule has 0 bridgehead atoms. The normalized spacial score (nSPS) is 8.90. The topological polar surface area (TPSA) is 26.3 Å². The van der Waals surface area contributed by atoms with E-state index in [1.807, 2.05) is 0 Å².